The third-order valence-corrected chi connectivity index (χ3v) is 5.82. The van der Waals surface area contributed by atoms with E-state index in [4.69, 9.17) is 18.9 Å². The van der Waals surface area contributed by atoms with Crippen molar-refractivity contribution >= 4 is 0 Å². The molecule has 3 heterocycles. The summed E-state index contributed by atoms with van der Waals surface area (Å²) in [5, 5.41) is 0. The van der Waals surface area contributed by atoms with Crippen molar-refractivity contribution in [1.82, 2.24) is 0 Å². The highest BCUT2D eigenvalue weighted by Gasteiger charge is 2.47. The second-order valence-electron chi connectivity index (χ2n) is 7.23. The second-order valence-corrected chi connectivity index (χ2v) is 7.23. The van der Waals surface area contributed by atoms with Gasteiger partial charge in [0.25, 0.3) is 0 Å². The molecule has 0 saturated carbocycles. The van der Waals surface area contributed by atoms with Gasteiger partial charge in [0, 0.05) is 23.9 Å². The molecule has 21 heavy (non-hydrogen) atoms. The number of hydrogen-bond donors (Lipinski definition) is 0. The van der Waals surface area contributed by atoms with Crippen molar-refractivity contribution in [2.45, 2.75) is 58.2 Å². The molecule has 3 rings (SSSR count). The van der Waals surface area contributed by atoms with E-state index < -0.39 is 0 Å². The van der Waals surface area contributed by atoms with Crippen LogP contribution in [0.3, 0.4) is 0 Å². The van der Waals surface area contributed by atoms with Gasteiger partial charge in [-0.3, -0.25) is 0 Å². The fourth-order valence-electron chi connectivity index (χ4n) is 3.60. The Morgan fingerprint density at radius 1 is 1.10 bits per heavy atom. The third-order valence-electron chi connectivity index (χ3n) is 5.82. The van der Waals surface area contributed by atoms with E-state index in [0.29, 0.717) is 6.10 Å². The first-order valence-electron chi connectivity index (χ1n) is 8.61. The van der Waals surface area contributed by atoms with E-state index >= 15 is 0 Å². The van der Waals surface area contributed by atoms with Crippen LogP contribution in [-0.2, 0) is 18.9 Å². The largest absolute Gasteiger partial charge is 0.380 e. The van der Waals surface area contributed by atoms with E-state index in [0.717, 1.165) is 58.9 Å². The summed E-state index contributed by atoms with van der Waals surface area (Å²) in [4.78, 5) is 0. The van der Waals surface area contributed by atoms with Crippen molar-refractivity contribution in [3.8, 4) is 0 Å². The Morgan fingerprint density at radius 3 is 2.29 bits per heavy atom. The van der Waals surface area contributed by atoms with Gasteiger partial charge < -0.3 is 18.9 Å². The minimum absolute atomic E-state index is 0.214. The van der Waals surface area contributed by atoms with Gasteiger partial charge in [0.15, 0.2) is 0 Å². The highest BCUT2D eigenvalue weighted by molar-refractivity contribution is 4.95. The molecule has 4 heteroatoms. The van der Waals surface area contributed by atoms with E-state index in [-0.39, 0.29) is 16.9 Å². The molecule has 0 amide bonds. The van der Waals surface area contributed by atoms with Gasteiger partial charge in [0.05, 0.1) is 45.2 Å². The van der Waals surface area contributed by atoms with Gasteiger partial charge in [-0.15, -0.1) is 0 Å². The molecule has 0 aromatic heterocycles. The average Bonchev–Trinajstić information content (AvgIpc) is 2.90. The van der Waals surface area contributed by atoms with Crippen LogP contribution < -0.4 is 0 Å². The van der Waals surface area contributed by atoms with Gasteiger partial charge >= 0.3 is 0 Å². The maximum absolute atomic E-state index is 6.46. The standard InChI is InChI=1S/C17H30O4/c1-3-16(9-18-10-16)11-21-15(8-14-6-5-7-20-14)17(4-2)12-19-13-17/h14-15H,3-13H2,1-2H3. The van der Waals surface area contributed by atoms with Gasteiger partial charge in [0.2, 0.25) is 0 Å². The molecular formula is C17H30O4. The lowest BCUT2D eigenvalue weighted by atomic mass is 9.75. The summed E-state index contributed by atoms with van der Waals surface area (Å²) in [5.41, 5.74) is 0.472. The van der Waals surface area contributed by atoms with Crippen molar-refractivity contribution in [3.05, 3.63) is 0 Å². The molecule has 3 aliphatic heterocycles. The Balaban J connectivity index is 1.60. The maximum Gasteiger partial charge on any atom is 0.0700 e. The smallest absolute Gasteiger partial charge is 0.0700 e. The minimum atomic E-state index is 0.214. The van der Waals surface area contributed by atoms with Crippen molar-refractivity contribution < 1.29 is 18.9 Å². The Hall–Kier alpha value is -0.160. The predicted octanol–water partition coefficient (Wildman–Crippen LogP) is 2.79. The average molecular weight is 298 g/mol. The van der Waals surface area contributed by atoms with E-state index in [1.807, 2.05) is 0 Å². The van der Waals surface area contributed by atoms with Crippen LogP contribution in [0.2, 0.25) is 0 Å². The first kappa shape index (κ1) is 15.7. The van der Waals surface area contributed by atoms with Crippen molar-refractivity contribution in [1.29, 1.82) is 0 Å². The van der Waals surface area contributed by atoms with Crippen molar-refractivity contribution in [2.24, 2.45) is 10.8 Å². The summed E-state index contributed by atoms with van der Waals surface area (Å²) >= 11 is 0. The van der Waals surface area contributed by atoms with Crippen LogP contribution in [0.1, 0.15) is 46.0 Å². The summed E-state index contributed by atoms with van der Waals surface area (Å²) in [7, 11) is 0. The summed E-state index contributed by atoms with van der Waals surface area (Å²) < 4.78 is 23.3. The first-order chi connectivity index (χ1) is 10.2. The van der Waals surface area contributed by atoms with E-state index in [9.17, 15) is 0 Å². The lowest BCUT2D eigenvalue weighted by molar-refractivity contribution is -0.225. The predicted molar refractivity (Wildman–Crippen MR) is 80.4 cm³/mol. The lowest BCUT2D eigenvalue weighted by Crippen LogP contribution is -2.55. The van der Waals surface area contributed by atoms with Gasteiger partial charge in [-0.05, 0) is 25.7 Å². The zero-order valence-electron chi connectivity index (χ0n) is 13.6. The number of rotatable bonds is 8. The van der Waals surface area contributed by atoms with Gasteiger partial charge in [-0.2, -0.15) is 0 Å². The summed E-state index contributed by atoms with van der Waals surface area (Å²) in [6.45, 7) is 9.63. The molecule has 0 spiro atoms. The third kappa shape index (κ3) is 3.14. The quantitative estimate of drug-likeness (QED) is 0.690. The van der Waals surface area contributed by atoms with Crippen LogP contribution in [0.5, 0.6) is 0 Å². The van der Waals surface area contributed by atoms with Crippen molar-refractivity contribution in [2.75, 3.05) is 39.6 Å². The van der Waals surface area contributed by atoms with Gasteiger partial charge in [-0.25, -0.2) is 0 Å². The summed E-state index contributed by atoms with van der Waals surface area (Å²) in [6, 6.07) is 0. The topological polar surface area (TPSA) is 36.9 Å². The normalized spacial score (nSPS) is 31.4. The van der Waals surface area contributed by atoms with Crippen LogP contribution in [0, 0.1) is 10.8 Å². The van der Waals surface area contributed by atoms with Crippen molar-refractivity contribution in [3.63, 3.8) is 0 Å². The Labute approximate surface area is 128 Å². The minimum Gasteiger partial charge on any atom is -0.380 e. The molecule has 3 aliphatic rings. The molecular weight excluding hydrogens is 268 g/mol. The molecule has 3 fully saturated rings. The summed E-state index contributed by atoms with van der Waals surface area (Å²) in [5.74, 6) is 0. The molecule has 0 aromatic carbocycles. The molecule has 2 unspecified atom stereocenters. The van der Waals surface area contributed by atoms with Crippen LogP contribution in [0.4, 0.5) is 0 Å². The number of hydrogen-bond acceptors (Lipinski definition) is 4. The molecule has 0 N–H and O–H groups in total. The zero-order valence-corrected chi connectivity index (χ0v) is 13.6. The SMILES string of the molecule is CCC1(COC(CC2CCCO2)C2(CC)COC2)COC1. The second kappa shape index (κ2) is 6.53. The molecule has 2 atom stereocenters. The van der Waals surface area contributed by atoms with Crippen LogP contribution in [-0.4, -0.2) is 51.8 Å². The monoisotopic (exact) mass is 298 g/mol. The number of ether oxygens (including phenoxy) is 4. The van der Waals surface area contributed by atoms with Crippen LogP contribution >= 0.6 is 0 Å². The molecule has 0 aliphatic carbocycles. The molecule has 0 aromatic rings. The van der Waals surface area contributed by atoms with Crippen LogP contribution in [0.15, 0.2) is 0 Å². The molecule has 4 nitrogen and oxygen atoms in total. The Morgan fingerprint density at radius 2 is 1.86 bits per heavy atom. The lowest BCUT2D eigenvalue weighted by Gasteiger charge is -2.49. The molecule has 0 bridgehead atoms. The Bertz CT molecular complexity index is 319. The molecule has 122 valence electrons. The Kier molecular flexibility index (Phi) is 4.89. The van der Waals surface area contributed by atoms with Crippen LogP contribution in [0.25, 0.3) is 0 Å². The van der Waals surface area contributed by atoms with Gasteiger partial charge in [-0.1, -0.05) is 13.8 Å². The van der Waals surface area contributed by atoms with E-state index in [1.165, 1.54) is 12.8 Å². The first-order valence-corrected chi connectivity index (χ1v) is 8.61. The molecule has 3 saturated heterocycles. The highest BCUT2D eigenvalue weighted by Crippen LogP contribution is 2.41. The van der Waals surface area contributed by atoms with E-state index in [1.54, 1.807) is 0 Å². The fourth-order valence-corrected chi connectivity index (χ4v) is 3.60. The van der Waals surface area contributed by atoms with Gasteiger partial charge in [0.1, 0.15) is 0 Å². The maximum atomic E-state index is 6.46. The highest BCUT2D eigenvalue weighted by atomic mass is 16.5. The summed E-state index contributed by atoms with van der Waals surface area (Å²) in [6.07, 6.45) is 6.31. The fraction of sp³-hybridized carbons (Fsp3) is 1.00. The zero-order chi connectivity index (χ0) is 14.8. The molecule has 0 radical (unpaired) electrons. The van der Waals surface area contributed by atoms with E-state index in [2.05, 4.69) is 13.8 Å².